The van der Waals surface area contributed by atoms with Gasteiger partial charge in [-0.15, -0.1) is 0 Å². The lowest BCUT2D eigenvalue weighted by molar-refractivity contribution is -0.384. The SMILES string of the molecule is Cc1cc(F)ccc1NCc1ccc(Cl)c([N+](=O)[O-])c1. The minimum absolute atomic E-state index is 0.108. The van der Waals surface area contributed by atoms with Gasteiger partial charge in [0.2, 0.25) is 0 Å². The second kappa shape index (κ2) is 5.88. The Labute approximate surface area is 120 Å². The Balaban J connectivity index is 2.15. The third-order valence-electron chi connectivity index (χ3n) is 2.88. The molecule has 0 amide bonds. The van der Waals surface area contributed by atoms with Crippen LogP contribution in [0.3, 0.4) is 0 Å². The van der Waals surface area contributed by atoms with Crippen molar-refractivity contribution in [2.75, 3.05) is 5.32 Å². The summed E-state index contributed by atoms with van der Waals surface area (Å²) in [6.07, 6.45) is 0. The maximum absolute atomic E-state index is 13.0. The van der Waals surface area contributed by atoms with Crippen molar-refractivity contribution in [3.63, 3.8) is 0 Å². The first-order valence-electron chi connectivity index (χ1n) is 5.90. The monoisotopic (exact) mass is 294 g/mol. The fourth-order valence-corrected chi connectivity index (χ4v) is 2.02. The Morgan fingerprint density at radius 1 is 1.30 bits per heavy atom. The molecule has 0 saturated carbocycles. The molecule has 0 aliphatic carbocycles. The highest BCUT2D eigenvalue weighted by Crippen LogP contribution is 2.25. The maximum atomic E-state index is 13.0. The van der Waals surface area contributed by atoms with E-state index in [0.717, 1.165) is 16.8 Å². The Morgan fingerprint density at radius 2 is 2.05 bits per heavy atom. The Morgan fingerprint density at radius 3 is 2.70 bits per heavy atom. The van der Waals surface area contributed by atoms with Gasteiger partial charge in [0.25, 0.3) is 5.69 Å². The molecule has 0 aliphatic rings. The molecule has 0 unspecified atom stereocenters. The molecule has 0 bridgehead atoms. The Hall–Kier alpha value is -2.14. The molecule has 104 valence electrons. The van der Waals surface area contributed by atoms with Crippen LogP contribution in [0, 0.1) is 22.9 Å². The number of hydrogen-bond donors (Lipinski definition) is 1. The van der Waals surface area contributed by atoms with E-state index in [2.05, 4.69) is 5.32 Å². The van der Waals surface area contributed by atoms with Crippen LogP contribution >= 0.6 is 11.6 Å². The summed E-state index contributed by atoms with van der Waals surface area (Å²) >= 11 is 5.75. The number of aryl methyl sites for hydroxylation is 1. The molecular formula is C14H12ClFN2O2. The highest BCUT2D eigenvalue weighted by atomic mass is 35.5. The summed E-state index contributed by atoms with van der Waals surface area (Å²) in [5.41, 5.74) is 2.16. The van der Waals surface area contributed by atoms with Crippen LogP contribution in [0.1, 0.15) is 11.1 Å². The fourth-order valence-electron chi connectivity index (χ4n) is 1.83. The third kappa shape index (κ3) is 3.24. The predicted octanol–water partition coefficient (Wildman–Crippen LogP) is 4.31. The molecule has 1 N–H and O–H groups in total. The van der Waals surface area contributed by atoms with Gasteiger partial charge in [-0.25, -0.2) is 4.39 Å². The van der Waals surface area contributed by atoms with E-state index in [0.29, 0.717) is 6.54 Å². The number of nitrogens with zero attached hydrogens (tertiary/aromatic N) is 1. The number of nitro benzene ring substituents is 1. The van der Waals surface area contributed by atoms with E-state index in [1.807, 2.05) is 0 Å². The lowest BCUT2D eigenvalue weighted by Crippen LogP contribution is -2.02. The van der Waals surface area contributed by atoms with E-state index in [9.17, 15) is 14.5 Å². The first kappa shape index (κ1) is 14.3. The molecule has 0 fully saturated rings. The van der Waals surface area contributed by atoms with Crippen molar-refractivity contribution in [3.8, 4) is 0 Å². The second-order valence-electron chi connectivity index (χ2n) is 4.36. The largest absolute Gasteiger partial charge is 0.381 e. The molecule has 0 saturated heterocycles. The molecule has 2 rings (SSSR count). The van der Waals surface area contributed by atoms with Crippen LogP contribution in [0.5, 0.6) is 0 Å². The number of rotatable bonds is 4. The number of benzene rings is 2. The van der Waals surface area contributed by atoms with Crippen molar-refractivity contribution in [1.82, 2.24) is 0 Å². The molecule has 0 radical (unpaired) electrons. The first-order chi connectivity index (χ1) is 9.47. The van der Waals surface area contributed by atoms with Crippen LogP contribution in [0.25, 0.3) is 0 Å². The number of hydrogen-bond acceptors (Lipinski definition) is 3. The number of nitro groups is 1. The second-order valence-corrected chi connectivity index (χ2v) is 4.76. The zero-order valence-electron chi connectivity index (χ0n) is 10.7. The molecular weight excluding hydrogens is 283 g/mol. The summed E-state index contributed by atoms with van der Waals surface area (Å²) in [6, 6.07) is 9.05. The number of anilines is 1. The summed E-state index contributed by atoms with van der Waals surface area (Å²) in [7, 11) is 0. The molecule has 0 atom stereocenters. The molecule has 0 spiro atoms. The van der Waals surface area contributed by atoms with Crippen molar-refractivity contribution in [2.24, 2.45) is 0 Å². The summed E-state index contributed by atoms with van der Waals surface area (Å²) in [6.45, 7) is 2.18. The van der Waals surface area contributed by atoms with E-state index in [1.165, 1.54) is 24.3 Å². The summed E-state index contributed by atoms with van der Waals surface area (Å²) in [5.74, 6) is -0.296. The van der Waals surface area contributed by atoms with Crippen molar-refractivity contribution >= 4 is 23.0 Å². The molecule has 4 nitrogen and oxygen atoms in total. The third-order valence-corrected chi connectivity index (χ3v) is 3.20. The lowest BCUT2D eigenvalue weighted by atomic mass is 10.1. The maximum Gasteiger partial charge on any atom is 0.288 e. The molecule has 2 aromatic carbocycles. The molecule has 0 aromatic heterocycles. The standard InChI is InChI=1S/C14H12ClFN2O2/c1-9-6-11(16)3-5-13(9)17-8-10-2-4-12(15)14(7-10)18(19)20/h2-7,17H,8H2,1H3. The van der Waals surface area contributed by atoms with Crippen LogP contribution in [0.2, 0.25) is 5.02 Å². The normalized spacial score (nSPS) is 10.3. The Bertz CT molecular complexity index is 662. The summed E-state index contributed by atoms with van der Waals surface area (Å²) < 4.78 is 13.0. The van der Waals surface area contributed by atoms with Gasteiger partial charge in [-0.3, -0.25) is 10.1 Å². The highest BCUT2D eigenvalue weighted by Gasteiger charge is 2.12. The average molecular weight is 295 g/mol. The van der Waals surface area contributed by atoms with Crippen LogP contribution in [0.15, 0.2) is 36.4 Å². The van der Waals surface area contributed by atoms with Crippen molar-refractivity contribution in [3.05, 3.63) is 68.5 Å². The van der Waals surface area contributed by atoms with E-state index >= 15 is 0 Å². The summed E-state index contributed by atoms with van der Waals surface area (Å²) in [5, 5.41) is 14.0. The van der Waals surface area contributed by atoms with Crippen molar-refractivity contribution < 1.29 is 9.31 Å². The quantitative estimate of drug-likeness (QED) is 0.675. The predicted molar refractivity (Wildman–Crippen MR) is 76.6 cm³/mol. The molecule has 6 heteroatoms. The van der Waals surface area contributed by atoms with Gasteiger partial charge in [0, 0.05) is 18.3 Å². The number of halogens is 2. The molecule has 0 aliphatic heterocycles. The van der Waals surface area contributed by atoms with Crippen LogP contribution in [0.4, 0.5) is 15.8 Å². The smallest absolute Gasteiger partial charge is 0.288 e. The van der Waals surface area contributed by atoms with Crippen LogP contribution < -0.4 is 5.32 Å². The zero-order chi connectivity index (χ0) is 14.7. The molecule has 2 aromatic rings. The van der Waals surface area contributed by atoms with E-state index in [4.69, 9.17) is 11.6 Å². The highest BCUT2D eigenvalue weighted by molar-refractivity contribution is 6.32. The van der Waals surface area contributed by atoms with Gasteiger partial charge in [0.1, 0.15) is 10.8 Å². The van der Waals surface area contributed by atoms with Gasteiger partial charge < -0.3 is 5.32 Å². The van der Waals surface area contributed by atoms with Crippen molar-refractivity contribution in [2.45, 2.75) is 13.5 Å². The minimum Gasteiger partial charge on any atom is -0.381 e. The molecule has 20 heavy (non-hydrogen) atoms. The molecule has 0 heterocycles. The van der Waals surface area contributed by atoms with Gasteiger partial charge in [-0.05, 0) is 42.3 Å². The minimum atomic E-state index is -0.519. The van der Waals surface area contributed by atoms with Gasteiger partial charge in [0.15, 0.2) is 0 Å². The number of nitrogens with one attached hydrogen (secondary N) is 1. The van der Waals surface area contributed by atoms with Crippen LogP contribution in [-0.4, -0.2) is 4.92 Å². The summed E-state index contributed by atoms with van der Waals surface area (Å²) in [4.78, 5) is 10.3. The fraction of sp³-hybridized carbons (Fsp3) is 0.143. The van der Waals surface area contributed by atoms with E-state index in [-0.39, 0.29) is 16.5 Å². The zero-order valence-corrected chi connectivity index (χ0v) is 11.4. The average Bonchev–Trinajstić information content (AvgIpc) is 2.39. The lowest BCUT2D eigenvalue weighted by Gasteiger charge is -2.09. The first-order valence-corrected chi connectivity index (χ1v) is 6.28. The van der Waals surface area contributed by atoms with Crippen LogP contribution in [-0.2, 0) is 6.54 Å². The van der Waals surface area contributed by atoms with E-state index < -0.39 is 4.92 Å². The van der Waals surface area contributed by atoms with Crippen molar-refractivity contribution in [1.29, 1.82) is 0 Å². The Kier molecular flexibility index (Phi) is 4.20. The van der Waals surface area contributed by atoms with Gasteiger partial charge in [0.05, 0.1) is 4.92 Å². The van der Waals surface area contributed by atoms with E-state index in [1.54, 1.807) is 19.1 Å². The van der Waals surface area contributed by atoms with Gasteiger partial charge in [-0.2, -0.15) is 0 Å². The van der Waals surface area contributed by atoms with Gasteiger partial charge >= 0.3 is 0 Å². The van der Waals surface area contributed by atoms with Gasteiger partial charge in [-0.1, -0.05) is 17.7 Å². The topological polar surface area (TPSA) is 55.2 Å².